The van der Waals surface area contributed by atoms with Gasteiger partial charge in [0.25, 0.3) is 0 Å². The number of carbonyl (C=O) groups excluding carboxylic acids is 1. The van der Waals surface area contributed by atoms with Gasteiger partial charge in [-0.25, -0.2) is 8.42 Å². The van der Waals surface area contributed by atoms with E-state index in [4.69, 9.17) is 27.9 Å². The van der Waals surface area contributed by atoms with Gasteiger partial charge in [-0.1, -0.05) is 23.2 Å². The van der Waals surface area contributed by atoms with Crippen molar-refractivity contribution in [2.45, 2.75) is 12.8 Å². The molecule has 0 unspecified atom stereocenters. The van der Waals surface area contributed by atoms with Gasteiger partial charge in [-0.3, -0.25) is 9.10 Å². The maximum absolute atomic E-state index is 12.1. The first-order valence-electron chi connectivity index (χ1n) is 8.07. The van der Waals surface area contributed by atoms with E-state index in [0.29, 0.717) is 33.6 Å². The van der Waals surface area contributed by atoms with Crippen molar-refractivity contribution < 1.29 is 17.9 Å². The van der Waals surface area contributed by atoms with Gasteiger partial charge in [0, 0.05) is 18.0 Å². The van der Waals surface area contributed by atoms with Gasteiger partial charge in [0.2, 0.25) is 15.9 Å². The Labute approximate surface area is 169 Å². The summed E-state index contributed by atoms with van der Waals surface area (Å²) in [6.45, 7) is 0.169. The molecular weight excluding hydrogens is 411 g/mol. The SMILES string of the molecule is COc1ccc(N(CCCC(=O)Nc2cc(Cl)ccc2Cl)S(C)(=O)=O)cc1. The van der Waals surface area contributed by atoms with Crippen LogP contribution in [0.25, 0.3) is 0 Å². The van der Waals surface area contributed by atoms with E-state index in [0.717, 1.165) is 6.26 Å². The molecule has 1 N–H and O–H groups in total. The summed E-state index contributed by atoms with van der Waals surface area (Å²) in [4.78, 5) is 12.1. The number of ether oxygens (including phenoxy) is 1. The summed E-state index contributed by atoms with van der Waals surface area (Å²) in [7, 11) is -1.95. The van der Waals surface area contributed by atoms with Gasteiger partial charge in [0.15, 0.2) is 0 Å². The number of halogens is 2. The van der Waals surface area contributed by atoms with Crippen molar-refractivity contribution >= 4 is 50.5 Å². The highest BCUT2D eigenvalue weighted by molar-refractivity contribution is 7.92. The molecule has 0 radical (unpaired) electrons. The van der Waals surface area contributed by atoms with Crippen LogP contribution in [-0.2, 0) is 14.8 Å². The zero-order valence-corrected chi connectivity index (χ0v) is 17.2. The van der Waals surface area contributed by atoms with Crippen LogP contribution in [0.5, 0.6) is 5.75 Å². The molecular formula is C18H20Cl2N2O4S. The third-order valence-corrected chi connectivity index (χ3v) is 5.49. The molecule has 9 heteroatoms. The number of nitrogens with one attached hydrogen (secondary N) is 1. The van der Waals surface area contributed by atoms with Crippen molar-refractivity contribution in [1.29, 1.82) is 0 Å². The molecule has 0 fully saturated rings. The Morgan fingerprint density at radius 1 is 1.15 bits per heavy atom. The highest BCUT2D eigenvalue weighted by atomic mass is 35.5. The molecule has 0 aliphatic carbocycles. The predicted octanol–water partition coefficient (Wildman–Crippen LogP) is 4.19. The molecule has 0 heterocycles. The van der Waals surface area contributed by atoms with E-state index in [1.54, 1.807) is 42.5 Å². The van der Waals surface area contributed by atoms with Crippen LogP contribution < -0.4 is 14.4 Å². The number of rotatable bonds is 8. The molecule has 0 spiro atoms. The van der Waals surface area contributed by atoms with Crippen LogP contribution in [0, 0.1) is 0 Å². The smallest absolute Gasteiger partial charge is 0.232 e. The maximum Gasteiger partial charge on any atom is 0.232 e. The van der Waals surface area contributed by atoms with E-state index in [1.165, 1.54) is 11.4 Å². The fourth-order valence-corrected chi connectivity index (χ4v) is 3.73. The third kappa shape index (κ3) is 6.30. The number of hydrogen-bond acceptors (Lipinski definition) is 4. The number of sulfonamides is 1. The van der Waals surface area contributed by atoms with Gasteiger partial charge in [0.05, 0.1) is 29.8 Å². The topological polar surface area (TPSA) is 75.7 Å². The molecule has 146 valence electrons. The average molecular weight is 431 g/mol. The summed E-state index contributed by atoms with van der Waals surface area (Å²) in [6.07, 6.45) is 1.59. The van der Waals surface area contributed by atoms with Crippen LogP contribution in [0.2, 0.25) is 10.0 Å². The van der Waals surface area contributed by atoms with Crippen molar-refractivity contribution in [2.75, 3.05) is 29.5 Å². The molecule has 0 saturated carbocycles. The van der Waals surface area contributed by atoms with E-state index < -0.39 is 10.0 Å². The fraction of sp³-hybridized carbons (Fsp3) is 0.278. The Morgan fingerprint density at radius 2 is 1.81 bits per heavy atom. The fourth-order valence-electron chi connectivity index (χ4n) is 2.42. The molecule has 0 aromatic heterocycles. The lowest BCUT2D eigenvalue weighted by atomic mass is 10.2. The van der Waals surface area contributed by atoms with Crippen LogP contribution in [-0.4, -0.2) is 34.2 Å². The van der Waals surface area contributed by atoms with Crippen molar-refractivity contribution in [3.8, 4) is 5.75 Å². The molecule has 2 aromatic carbocycles. The van der Waals surface area contributed by atoms with Gasteiger partial charge >= 0.3 is 0 Å². The largest absolute Gasteiger partial charge is 0.497 e. The summed E-state index contributed by atoms with van der Waals surface area (Å²) in [5.41, 5.74) is 0.931. The molecule has 1 amide bonds. The van der Waals surface area contributed by atoms with Crippen LogP contribution >= 0.6 is 23.2 Å². The van der Waals surface area contributed by atoms with E-state index in [-0.39, 0.29) is 18.9 Å². The average Bonchev–Trinajstić information content (AvgIpc) is 2.61. The minimum absolute atomic E-state index is 0.130. The van der Waals surface area contributed by atoms with Crippen molar-refractivity contribution in [1.82, 2.24) is 0 Å². The quantitative estimate of drug-likeness (QED) is 0.680. The normalized spacial score (nSPS) is 11.1. The Morgan fingerprint density at radius 3 is 2.41 bits per heavy atom. The highest BCUT2D eigenvalue weighted by Crippen LogP contribution is 2.26. The lowest BCUT2D eigenvalue weighted by Crippen LogP contribution is -2.31. The second-order valence-corrected chi connectivity index (χ2v) is 8.56. The number of benzene rings is 2. The molecule has 0 saturated heterocycles. The first kappa shape index (κ1) is 21.3. The standard InChI is InChI=1S/C18H20Cl2N2O4S/c1-26-15-8-6-14(7-9-15)22(27(2,24)25)11-3-4-18(23)21-17-12-13(19)5-10-16(17)20/h5-10,12H,3-4,11H2,1-2H3,(H,21,23). The Bertz CT molecular complexity index is 902. The van der Waals surface area contributed by atoms with Crippen molar-refractivity contribution in [3.05, 3.63) is 52.5 Å². The summed E-state index contributed by atoms with van der Waals surface area (Å²) >= 11 is 11.9. The monoisotopic (exact) mass is 430 g/mol. The van der Waals surface area contributed by atoms with Crippen LogP contribution in [0.4, 0.5) is 11.4 Å². The molecule has 2 aromatic rings. The Kier molecular flexibility index (Phi) is 7.35. The summed E-state index contributed by atoms with van der Waals surface area (Å²) in [5.74, 6) is 0.354. The number of amides is 1. The number of anilines is 2. The molecule has 0 atom stereocenters. The van der Waals surface area contributed by atoms with Gasteiger partial charge in [-0.2, -0.15) is 0 Å². The number of carbonyl (C=O) groups is 1. The van der Waals surface area contributed by atoms with Crippen molar-refractivity contribution in [2.24, 2.45) is 0 Å². The Hall–Kier alpha value is -1.96. The molecule has 0 aliphatic rings. The first-order valence-corrected chi connectivity index (χ1v) is 10.7. The summed E-state index contributed by atoms with van der Waals surface area (Å²) in [6, 6.07) is 11.5. The number of methoxy groups -OCH3 is 1. The molecule has 0 aliphatic heterocycles. The van der Waals surface area contributed by atoms with E-state index in [1.807, 2.05) is 0 Å². The van der Waals surface area contributed by atoms with Gasteiger partial charge < -0.3 is 10.1 Å². The summed E-state index contributed by atoms with van der Waals surface area (Å²) < 4.78 is 30.5. The third-order valence-electron chi connectivity index (χ3n) is 3.73. The van der Waals surface area contributed by atoms with Gasteiger partial charge in [-0.15, -0.1) is 0 Å². The second kappa shape index (κ2) is 9.30. The molecule has 2 rings (SSSR count). The number of nitrogens with zero attached hydrogens (tertiary/aromatic N) is 1. The Balaban J connectivity index is 1.98. The van der Waals surface area contributed by atoms with E-state index >= 15 is 0 Å². The molecule has 6 nitrogen and oxygen atoms in total. The van der Waals surface area contributed by atoms with Crippen molar-refractivity contribution in [3.63, 3.8) is 0 Å². The highest BCUT2D eigenvalue weighted by Gasteiger charge is 2.18. The zero-order chi connectivity index (χ0) is 20.0. The number of hydrogen-bond donors (Lipinski definition) is 1. The molecule has 27 heavy (non-hydrogen) atoms. The lowest BCUT2D eigenvalue weighted by Gasteiger charge is -2.22. The van der Waals surface area contributed by atoms with E-state index in [2.05, 4.69) is 5.32 Å². The molecule has 0 bridgehead atoms. The van der Waals surface area contributed by atoms with Crippen LogP contribution in [0.15, 0.2) is 42.5 Å². The van der Waals surface area contributed by atoms with Gasteiger partial charge in [0.1, 0.15) is 5.75 Å². The van der Waals surface area contributed by atoms with Crippen LogP contribution in [0.3, 0.4) is 0 Å². The summed E-state index contributed by atoms with van der Waals surface area (Å²) in [5, 5.41) is 3.51. The predicted molar refractivity (Wildman–Crippen MR) is 110 cm³/mol. The minimum Gasteiger partial charge on any atom is -0.497 e. The minimum atomic E-state index is -3.48. The zero-order valence-electron chi connectivity index (χ0n) is 14.9. The van der Waals surface area contributed by atoms with E-state index in [9.17, 15) is 13.2 Å². The van der Waals surface area contributed by atoms with Gasteiger partial charge in [-0.05, 0) is 48.9 Å². The first-order chi connectivity index (χ1) is 12.7. The van der Waals surface area contributed by atoms with Crippen LogP contribution in [0.1, 0.15) is 12.8 Å². The maximum atomic E-state index is 12.1. The second-order valence-electron chi connectivity index (χ2n) is 5.81. The lowest BCUT2D eigenvalue weighted by molar-refractivity contribution is -0.116.